The van der Waals surface area contributed by atoms with Crippen LogP contribution in [0.3, 0.4) is 0 Å². The van der Waals surface area contributed by atoms with Crippen molar-refractivity contribution in [2.24, 2.45) is 17.8 Å². The van der Waals surface area contributed by atoms with Crippen LogP contribution in [-0.4, -0.2) is 133 Å². The number of likely N-dealkylation sites (N-methyl/N-ethyl adjacent to an activating group) is 2. The molecule has 0 aromatic rings. The van der Waals surface area contributed by atoms with E-state index >= 15 is 0 Å². The van der Waals surface area contributed by atoms with E-state index in [9.17, 15) is 24.9 Å². The zero-order chi connectivity index (χ0) is 33.1. The average molecular weight is 632 g/mol. The second-order valence-electron chi connectivity index (χ2n) is 13.8. The third-order valence-corrected chi connectivity index (χ3v) is 9.78. The van der Waals surface area contributed by atoms with E-state index in [0.717, 1.165) is 0 Å². The van der Waals surface area contributed by atoms with E-state index < -0.39 is 72.0 Å². The summed E-state index contributed by atoms with van der Waals surface area (Å²) < 4.78 is 30.9. The molecule has 3 heterocycles. The summed E-state index contributed by atoms with van der Waals surface area (Å²) in [6, 6.07) is -0.288. The largest absolute Gasteiger partial charge is 0.387 e. The molecule has 3 fully saturated rings. The number of nitrogens with one attached hydrogen (secondary N) is 2. The summed E-state index contributed by atoms with van der Waals surface area (Å²) in [6.45, 7) is 12.7. The number of hydrogen-bond acceptors (Lipinski definition) is 11. The number of aliphatic hydroxyl groups excluding tert-OH is 2. The van der Waals surface area contributed by atoms with Gasteiger partial charge in [-0.15, -0.1) is 0 Å². The molecule has 13 nitrogen and oxygen atoms in total. The molecule has 0 bridgehead atoms. The van der Waals surface area contributed by atoms with Gasteiger partial charge in [-0.25, -0.2) is 0 Å². The Bertz CT molecular complexity index is 971. The zero-order valence-corrected chi connectivity index (χ0v) is 28.1. The lowest BCUT2D eigenvalue weighted by Crippen LogP contribution is -2.60. The maximum atomic E-state index is 13.5. The first-order valence-electron chi connectivity index (χ1n) is 15.9. The molecule has 0 aromatic heterocycles. The SMILES string of the molecule is CN[C@H]1C[C@@H](C)O[C@@H](O[C@@H]2[C@@H](C)[C@H](O[C@H]3C[C@@](C)(OC)[C@@H](O)[C@H](C)O3)[C@@H](C)C(=O)NCC(=O)N(C)C[C@H](C)C[C@@]2(C)O)[C@@H]1O. The first-order valence-corrected chi connectivity index (χ1v) is 15.9. The topological polar surface area (TPSA) is 168 Å². The Labute approximate surface area is 262 Å². The van der Waals surface area contributed by atoms with Gasteiger partial charge in [-0.3, -0.25) is 9.59 Å². The van der Waals surface area contributed by atoms with Gasteiger partial charge in [0.2, 0.25) is 11.8 Å². The summed E-state index contributed by atoms with van der Waals surface area (Å²) in [5, 5.41) is 39.9. The summed E-state index contributed by atoms with van der Waals surface area (Å²) in [5.41, 5.74) is -2.46. The molecule has 256 valence electrons. The van der Waals surface area contributed by atoms with E-state index in [1.54, 1.807) is 41.8 Å². The highest BCUT2D eigenvalue weighted by molar-refractivity contribution is 5.85. The van der Waals surface area contributed by atoms with Crippen molar-refractivity contribution >= 4 is 11.8 Å². The van der Waals surface area contributed by atoms with Gasteiger partial charge in [0.25, 0.3) is 0 Å². The van der Waals surface area contributed by atoms with Gasteiger partial charge in [-0.1, -0.05) is 20.8 Å². The molecule has 2 amide bonds. The van der Waals surface area contributed by atoms with E-state index in [2.05, 4.69) is 10.6 Å². The molecule has 0 aliphatic carbocycles. The summed E-state index contributed by atoms with van der Waals surface area (Å²) in [5.74, 6) is -2.27. The Morgan fingerprint density at radius 3 is 2.32 bits per heavy atom. The van der Waals surface area contributed by atoms with Gasteiger partial charge >= 0.3 is 0 Å². The lowest BCUT2D eigenvalue weighted by atomic mass is 9.77. The minimum Gasteiger partial charge on any atom is -0.387 e. The lowest BCUT2D eigenvalue weighted by Gasteiger charge is -2.48. The molecular weight excluding hydrogens is 574 g/mol. The minimum absolute atomic E-state index is 0.141. The van der Waals surface area contributed by atoms with Gasteiger partial charge in [0.15, 0.2) is 12.6 Å². The van der Waals surface area contributed by atoms with Crippen molar-refractivity contribution in [3.63, 3.8) is 0 Å². The van der Waals surface area contributed by atoms with Crippen LogP contribution in [0.2, 0.25) is 0 Å². The number of rotatable bonds is 6. The summed E-state index contributed by atoms with van der Waals surface area (Å²) in [7, 11) is 4.95. The van der Waals surface area contributed by atoms with Crippen molar-refractivity contribution in [1.29, 1.82) is 0 Å². The number of carbonyl (C=O) groups is 2. The van der Waals surface area contributed by atoms with Crippen LogP contribution in [-0.2, 0) is 33.3 Å². The van der Waals surface area contributed by atoms with E-state index in [4.69, 9.17) is 23.7 Å². The normalized spacial score (nSPS) is 46.9. The number of methoxy groups -OCH3 is 1. The third kappa shape index (κ3) is 8.48. The average Bonchev–Trinajstić information content (AvgIpc) is 2.95. The van der Waals surface area contributed by atoms with Gasteiger partial charge in [0, 0.05) is 39.1 Å². The maximum Gasteiger partial charge on any atom is 0.241 e. The van der Waals surface area contributed by atoms with Gasteiger partial charge in [0.05, 0.1) is 48.1 Å². The summed E-state index contributed by atoms with van der Waals surface area (Å²) >= 11 is 0. The molecule has 0 radical (unpaired) electrons. The zero-order valence-electron chi connectivity index (χ0n) is 28.1. The van der Waals surface area contributed by atoms with Gasteiger partial charge in [-0.05, 0) is 53.5 Å². The van der Waals surface area contributed by atoms with E-state index in [-0.39, 0.29) is 43.4 Å². The molecule has 14 atom stereocenters. The lowest BCUT2D eigenvalue weighted by molar-refractivity contribution is -0.315. The van der Waals surface area contributed by atoms with Crippen LogP contribution < -0.4 is 10.6 Å². The van der Waals surface area contributed by atoms with Gasteiger partial charge in [-0.2, -0.15) is 0 Å². The maximum absolute atomic E-state index is 13.5. The Balaban J connectivity index is 2.05. The minimum atomic E-state index is -1.49. The molecule has 0 spiro atoms. The Hall–Kier alpha value is -1.42. The van der Waals surface area contributed by atoms with Crippen LogP contribution in [0.15, 0.2) is 0 Å². The smallest absolute Gasteiger partial charge is 0.241 e. The standard InChI is InChI=1S/C31H57N3O10/c1-16-12-30(6,39)27(44-29-24(36)21(32-8)11-17(2)41-29)18(3)25(19(4)28(38)33-14-22(35)34(9)15-16)43-23-13-31(7,40-10)26(37)20(5)42-23/h16-21,23-27,29,32,36-37,39H,11-15H2,1-10H3,(H,33,38)/t16-,17-,18+,19-,20+,21+,23+,24-,25+,26+,27-,29+,30-,31-/m1/s1. The van der Waals surface area contributed by atoms with Crippen molar-refractivity contribution in [2.45, 2.75) is 134 Å². The molecule has 0 saturated carbocycles. The van der Waals surface area contributed by atoms with E-state index in [1.165, 1.54) is 12.0 Å². The molecule has 0 aromatic carbocycles. The fourth-order valence-corrected chi connectivity index (χ4v) is 7.14. The highest BCUT2D eigenvalue weighted by Crippen LogP contribution is 2.39. The van der Waals surface area contributed by atoms with Crippen LogP contribution in [0.5, 0.6) is 0 Å². The molecule has 0 unspecified atom stereocenters. The second-order valence-corrected chi connectivity index (χ2v) is 13.8. The molecule has 3 aliphatic rings. The van der Waals surface area contributed by atoms with Crippen molar-refractivity contribution in [3.05, 3.63) is 0 Å². The number of amides is 2. The number of hydrogen-bond donors (Lipinski definition) is 5. The molecule has 13 heteroatoms. The molecule has 3 rings (SSSR count). The number of ether oxygens (including phenoxy) is 5. The van der Waals surface area contributed by atoms with Crippen LogP contribution in [0.25, 0.3) is 0 Å². The third-order valence-electron chi connectivity index (χ3n) is 9.78. The number of carbonyl (C=O) groups excluding carboxylic acids is 2. The van der Waals surface area contributed by atoms with Crippen molar-refractivity contribution in [3.8, 4) is 0 Å². The Morgan fingerprint density at radius 2 is 1.70 bits per heavy atom. The molecule has 3 aliphatic heterocycles. The van der Waals surface area contributed by atoms with Crippen molar-refractivity contribution < 1.29 is 48.6 Å². The summed E-state index contributed by atoms with van der Waals surface area (Å²) in [4.78, 5) is 27.9. The number of nitrogens with zero attached hydrogens (tertiary/aromatic N) is 1. The predicted molar refractivity (Wildman–Crippen MR) is 161 cm³/mol. The highest BCUT2D eigenvalue weighted by atomic mass is 16.7. The summed E-state index contributed by atoms with van der Waals surface area (Å²) in [6.07, 6.45) is -5.54. The molecular formula is C31H57N3O10. The quantitative estimate of drug-likeness (QED) is 0.275. The fourth-order valence-electron chi connectivity index (χ4n) is 7.14. The Kier molecular flexibility index (Phi) is 12.6. The first kappa shape index (κ1) is 37.0. The molecule has 44 heavy (non-hydrogen) atoms. The van der Waals surface area contributed by atoms with Gasteiger partial charge in [0.1, 0.15) is 12.2 Å². The van der Waals surface area contributed by atoms with Crippen LogP contribution in [0.4, 0.5) is 0 Å². The van der Waals surface area contributed by atoms with Crippen molar-refractivity contribution in [2.75, 3.05) is 34.3 Å². The first-order chi connectivity index (χ1) is 20.4. The van der Waals surface area contributed by atoms with Crippen molar-refractivity contribution in [1.82, 2.24) is 15.5 Å². The van der Waals surface area contributed by atoms with E-state index in [1.807, 2.05) is 20.8 Å². The molecule has 5 N–H and O–H groups in total. The highest BCUT2D eigenvalue weighted by Gasteiger charge is 2.51. The van der Waals surface area contributed by atoms with E-state index in [0.29, 0.717) is 13.0 Å². The van der Waals surface area contributed by atoms with Crippen LogP contribution in [0.1, 0.15) is 67.7 Å². The second kappa shape index (κ2) is 15.0. The van der Waals surface area contributed by atoms with Crippen LogP contribution >= 0.6 is 0 Å². The fraction of sp³-hybridized carbons (Fsp3) is 0.935. The molecule has 3 saturated heterocycles. The number of aliphatic hydroxyl groups is 3. The predicted octanol–water partition coefficient (Wildman–Crippen LogP) is 0.379. The van der Waals surface area contributed by atoms with Crippen LogP contribution in [0, 0.1) is 17.8 Å². The monoisotopic (exact) mass is 631 g/mol. The van der Waals surface area contributed by atoms with Gasteiger partial charge < -0.3 is 54.5 Å². The Morgan fingerprint density at radius 1 is 1.05 bits per heavy atom.